The lowest BCUT2D eigenvalue weighted by Gasteiger charge is -2.26. The lowest BCUT2D eigenvalue weighted by atomic mass is 10.3. The molecule has 0 aliphatic heterocycles. The smallest absolute Gasteiger partial charge is 0.325 e. The van der Waals surface area contributed by atoms with E-state index < -0.39 is 0 Å². The Morgan fingerprint density at radius 2 is 2.29 bits per heavy atom. The molecule has 0 aliphatic rings. The van der Waals surface area contributed by atoms with Crippen LogP contribution in [0.15, 0.2) is 18.3 Å². The van der Waals surface area contributed by atoms with Crippen molar-refractivity contribution in [1.82, 2.24) is 4.98 Å². The lowest BCUT2D eigenvalue weighted by molar-refractivity contribution is -0.141. The van der Waals surface area contributed by atoms with Gasteiger partial charge in [-0.3, -0.25) is 4.79 Å². The topological polar surface area (TPSA) is 68.5 Å². The number of carbonyl (C=O) groups excluding carboxylic acids is 1. The molecule has 17 heavy (non-hydrogen) atoms. The minimum atomic E-state index is -0.259. The zero-order valence-electron chi connectivity index (χ0n) is 10.5. The van der Waals surface area contributed by atoms with Crippen LogP contribution in [0.2, 0.25) is 0 Å². The summed E-state index contributed by atoms with van der Waals surface area (Å²) in [5, 5.41) is 0. The summed E-state index contributed by atoms with van der Waals surface area (Å²) in [4.78, 5) is 17.6. The minimum absolute atomic E-state index is 0.147. The quantitative estimate of drug-likeness (QED) is 0.785. The van der Waals surface area contributed by atoms with Crippen molar-refractivity contribution >= 4 is 17.5 Å². The van der Waals surface area contributed by atoms with E-state index in [1.807, 2.05) is 18.7 Å². The molecule has 2 N–H and O–H groups in total. The van der Waals surface area contributed by atoms with Crippen LogP contribution in [0.5, 0.6) is 0 Å². The summed E-state index contributed by atoms with van der Waals surface area (Å²) in [6.45, 7) is 6.33. The summed E-state index contributed by atoms with van der Waals surface area (Å²) in [6, 6.07) is 3.61. The van der Waals surface area contributed by atoms with E-state index in [1.54, 1.807) is 25.3 Å². The van der Waals surface area contributed by atoms with Crippen LogP contribution in [0.1, 0.15) is 20.8 Å². The molecule has 5 nitrogen and oxygen atoms in total. The predicted molar refractivity (Wildman–Crippen MR) is 67.8 cm³/mol. The number of esters is 1. The van der Waals surface area contributed by atoms with Gasteiger partial charge >= 0.3 is 5.97 Å². The second kappa shape index (κ2) is 6.08. The maximum absolute atomic E-state index is 11.5. The third-order valence-corrected chi connectivity index (χ3v) is 2.29. The summed E-state index contributed by atoms with van der Waals surface area (Å²) >= 11 is 0. The van der Waals surface area contributed by atoms with Crippen molar-refractivity contribution in [2.24, 2.45) is 0 Å². The number of carbonyl (C=O) groups is 1. The molecule has 5 heteroatoms. The molecule has 0 radical (unpaired) electrons. The monoisotopic (exact) mass is 237 g/mol. The number of aromatic nitrogens is 1. The van der Waals surface area contributed by atoms with Crippen molar-refractivity contribution in [3.05, 3.63) is 18.3 Å². The standard InChI is InChI=1S/C12H19N3O2/c1-4-17-12(16)8-15(9(2)3)11-7-10(13)5-6-14-11/h5-7,9H,4,8H2,1-3H3,(H2,13,14). The fraction of sp³-hybridized carbons (Fsp3) is 0.500. The van der Waals surface area contributed by atoms with Gasteiger partial charge in [-0.05, 0) is 26.8 Å². The Balaban J connectivity index is 2.82. The van der Waals surface area contributed by atoms with Crippen LogP contribution in [0.3, 0.4) is 0 Å². The van der Waals surface area contributed by atoms with Crippen LogP contribution in [-0.2, 0) is 9.53 Å². The number of pyridine rings is 1. The normalized spacial score (nSPS) is 10.4. The van der Waals surface area contributed by atoms with Gasteiger partial charge < -0.3 is 15.4 Å². The maximum atomic E-state index is 11.5. The van der Waals surface area contributed by atoms with Gasteiger partial charge in [0.25, 0.3) is 0 Å². The predicted octanol–water partition coefficient (Wildman–Crippen LogP) is 1.44. The second-order valence-corrected chi connectivity index (χ2v) is 3.97. The summed E-state index contributed by atoms with van der Waals surface area (Å²) in [5.74, 6) is 0.429. The van der Waals surface area contributed by atoms with Crippen molar-refractivity contribution in [3.63, 3.8) is 0 Å². The van der Waals surface area contributed by atoms with Crippen LogP contribution in [0.4, 0.5) is 11.5 Å². The minimum Gasteiger partial charge on any atom is -0.465 e. The van der Waals surface area contributed by atoms with Gasteiger partial charge in [-0.15, -0.1) is 0 Å². The van der Waals surface area contributed by atoms with Crippen molar-refractivity contribution in [3.8, 4) is 0 Å². The molecule has 0 saturated carbocycles. The van der Waals surface area contributed by atoms with E-state index >= 15 is 0 Å². The highest BCUT2D eigenvalue weighted by atomic mass is 16.5. The van der Waals surface area contributed by atoms with Crippen LogP contribution in [0.25, 0.3) is 0 Å². The summed E-state index contributed by atoms with van der Waals surface area (Å²) < 4.78 is 4.93. The number of nitrogen functional groups attached to an aromatic ring is 1. The molecule has 0 unspecified atom stereocenters. The molecule has 1 heterocycles. The zero-order chi connectivity index (χ0) is 12.8. The summed E-state index contributed by atoms with van der Waals surface area (Å²) in [6.07, 6.45) is 1.63. The molecule has 0 atom stereocenters. The highest BCUT2D eigenvalue weighted by Crippen LogP contribution is 2.16. The van der Waals surface area contributed by atoms with Crippen molar-refractivity contribution < 1.29 is 9.53 Å². The van der Waals surface area contributed by atoms with Gasteiger partial charge in [0.05, 0.1) is 6.61 Å². The average molecular weight is 237 g/mol. The van der Waals surface area contributed by atoms with Gasteiger partial charge in [0.1, 0.15) is 12.4 Å². The molecule has 1 aromatic heterocycles. The third kappa shape index (κ3) is 3.94. The van der Waals surface area contributed by atoms with E-state index in [4.69, 9.17) is 10.5 Å². The van der Waals surface area contributed by atoms with Crippen molar-refractivity contribution in [2.45, 2.75) is 26.8 Å². The van der Waals surface area contributed by atoms with E-state index in [0.717, 1.165) is 0 Å². The van der Waals surface area contributed by atoms with Crippen LogP contribution in [-0.4, -0.2) is 30.1 Å². The first kappa shape index (κ1) is 13.3. The molecule has 0 saturated heterocycles. The Labute approximate surface area is 102 Å². The van der Waals surface area contributed by atoms with E-state index in [-0.39, 0.29) is 18.6 Å². The Kier molecular flexibility index (Phi) is 4.75. The highest BCUT2D eigenvalue weighted by Gasteiger charge is 2.16. The molecule has 0 fully saturated rings. The number of nitrogens with two attached hydrogens (primary N) is 1. The first-order valence-corrected chi connectivity index (χ1v) is 5.68. The number of ether oxygens (including phenoxy) is 1. The number of nitrogens with zero attached hydrogens (tertiary/aromatic N) is 2. The van der Waals surface area contributed by atoms with E-state index in [0.29, 0.717) is 18.1 Å². The number of anilines is 2. The van der Waals surface area contributed by atoms with E-state index in [2.05, 4.69) is 4.98 Å². The lowest BCUT2D eigenvalue weighted by Crippen LogP contribution is -2.37. The fourth-order valence-electron chi connectivity index (χ4n) is 1.47. The fourth-order valence-corrected chi connectivity index (χ4v) is 1.47. The van der Waals surface area contributed by atoms with Crippen LogP contribution >= 0.6 is 0 Å². The Morgan fingerprint density at radius 1 is 1.59 bits per heavy atom. The van der Waals surface area contributed by atoms with E-state index in [9.17, 15) is 4.79 Å². The maximum Gasteiger partial charge on any atom is 0.325 e. The van der Waals surface area contributed by atoms with Crippen molar-refractivity contribution in [2.75, 3.05) is 23.8 Å². The van der Waals surface area contributed by atoms with Gasteiger partial charge in [0.15, 0.2) is 0 Å². The molecule has 0 amide bonds. The Morgan fingerprint density at radius 3 is 2.82 bits per heavy atom. The molecule has 94 valence electrons. The molecule has 0 spiro atoms. The molecule has 0 aromatic carbocycles. The van der Waals surface area contributed by atoms with Crippen molar-refractivity contribution in [1.29, 1.82) is 0 Å². The van der Waals surface area contributed by atoms with Crippen LogP contribution in [0, 0.1) is 0 Å². The number of hydrogen-bond donors (Lipinski definition) is 1. The summed E-state index contributed by atoms with van der Waals surface area (Å²) in [7, 11) is 0. The number of rotatable bonds is 5. The van der Waals surface area contributed by atoms with Gasteiger partial charge in [0.2, 0.25) is 0 Å². The SMILES string of the molecule is CCOC(=O)CN(c1cc(N)ccn1)C(C)C. The van der Waals surface area contributed by atoms with Gasteiger partial charge in [0, 0.05) is 24.0 Å². The van der Waals surface area contributed by atoms with Gasteiger partial charge in [-0.25, -0.2) is 4.98 Å². The molecular weight excluding hydrogens is 218 g/mol. The molecule has 1 rings (SSSR count). The first-order chi connectivity index (χ1) is 8.04. The molecule has 0 bridgehead atoms. The van der Waals surface area contributed by atoms with Gasteiger partial charge in [-0.2, -0.15) is 0 Å². The first-order valence-electron chi connectivity index (χ1n) is 5.68. The van der Waals surface area contributed by atoms with Gasteiger partial charge in [-0.1, -0.05) is 0 Å². The molecule has 0 aliphatic carbocycles. The Bertz CT molecular complexity index is 380. The summed E-state index contributed by atoms with van der Waals surface area (Å²) in [5.41, 5.74) is 6.33. The third-order valence-electron chi connectivity index (χ3n) is 2.29. The Hall–Kier alpha value is -1.78. The number of hydrogen-bond acceptors (Lipinski definition) is 5. The van der Waals surface area contributed by atoms with E-state index in [1.165, 1.54) is 0 Å². The molecular formula is C12H19N3O2. The zero-order valence-corrected chi connectivity index (χ0v) is 10.5. The molecule has 1 aromatic rings. The largest absolute Gasteiger partial charge is 0.465 e. The highest BCUT2D eigenvalue weighted by molar-refractivity contribution is 5.75. The van der Waals surface area contributed by atoms with Crippen LogP contribution < -0.4 is 10.6 Å². The second-order valence-electron chi connectivity index (χ2n) is 3.97. The average Bonchev–Trinajstić information content (AvgIpc) is 2.26.